The van der Waals surface area contributed by atoms with Gasteiger partial charge in [0.25, 0.3) is 0 Å². The SMILES string of the molecule is Nc1nn2cc3c(nc2c1N=Nc1ccccc1)CCCCC3. The van der Waals surface area contributed by atoms with Crippen molar-refractivity contribution in [2.45, 2.75) is 32.1 Å². The van der Waals surface area contributed by atoms with E-state index in [1.807, 2.05) is 36.5 Å². The molecule has 1 aliphatic carbocycles. The molecule has 0 atom stereocenters. The molecule has 4 rings (SSSR count). The van der Waals surface area contributed by atoms with Crippen LogP contribution in [0, 0.1) is 0 Å². The Bertz CT molecular complexity index is 866. The van der Waals surface area contributed by atoms with Crippen LogP contribution in [0.5, 0.6) is 0 Å². The molecule has 6 nitrogen and oxygen atoms in total. The summed E-state index contributed by atoms with van der Waals surface area (Å²) in [7, 11) is 0. The quantitative estimate of drug-likeness (QED) is 0.574. The second kappa shape index (κ2) is 5.79. The van der Waals surface area contributed by atoms with Crippen LogP contribution in [0.2, 0.25) is 0 Å². The van der Waals surface area contributed by atoms with E-state index in [0.717, 1.165) is 24.2 Å². The third-order valence-corrected chi connectivity index (χ3v) is 4.16. The van der Waals surface area contributed by atoms with Gasteiger partial charge in [-0.3, -0.25) is 0 Å². The van der Waals surface area contributed by atoms with Crippen molar-refractivity contribution < 1.29 is 0 Å². The number of hydrogen-bond donors (Lipinski definition) is 1. The number of anilines is 1. The lowest BCUT2D eigenvalue weighted by Crippen LogP contribution is -2.01. The Morgan fingerprint density at radius 3 is 2.70 bits per heavy atom. The highest BCUT2D eigenvalue weighted by Crippen LogP contribution is 2.30. The molecule has 0 radical (unpaired) electrons. The number of benzene rings is 1. The van der Waals surface area contributed by atoms with Gasteiger partial charge in [0.1, 0.15) is 0 Å². The van der Waals surface area contributed by atoms with Crippen molar-refractivity contribution >= 4 is 22.8 Å². The molecular weight excluding hydrogens is 288 g/mol. The van der Waals surface area contributed by atoms with E-state index in [0.29, 0.717) is 17.2 Å². The van der Waals surface area contributed by atoms with Crippen molar-refractivity contribution in [1.82, 2.24) is 14.6 Å². The van der Waals surface area contributed by atoms with Crippen molar-refractivity contribution in [3.8, 4) is 0 Å². The van der Waals surface area contributed by atoms with Crippen molar-refractivity contribution in [3.63, 3.8) is 0 Å². The van der Waals surface area contributed by atoms with Crippen LogP contribution >= 0.6 is 0 Å². The Morgan fingerprint density at radius 1 is 1.00 bits per heavy atom. The maximum atomic E-state index is 6.02. The summed E-state index contributed by atoms with van der Waals surface area (Å²) in [5.41, 5.74) is 10.4. The van der Waals surface area contributed by atoms with Crippen molar-refractivity contribution in [1.29, 1.82) is 0 Å². The number of nitrogens with zero attached hydrogens (tertiary/aromatic N) is 5. The van der Waals surface area contributed by atoms with E-state index in [4.69, 9.17) is 10.7 Å². The van der Waals surface area contributed by atoms with Gasteiger partial charge in [-0.25, -0.2) is 9.50 Å². The van der Waals surface area contributed by atoms with Gasteiger partial charge in [-0.2, -0.15) is 5.11 Å². The lowest BCUT2D eigenvalue weighted by molar-refractivity contribution is 0.709. The van der Waals surface area contributed by atoms with E-state index in [9.17, 15) is 0 Å². The summed E-state index contributed by atoms with van der Waals surface area (Å²) in [5, 5.41) is 12.9. The number of fused-ring (bicyclic) bond motifs is 2. The summed E-state index contributed by atoms with van der Waals surface area (Å²) >= 11 is 0. The number of nitrogens with two attached hydrogens (primary N) is 1. The van der Waals surface area contributed by atoms with E-state index in [1.54, 1.807) is 4.52 Å². The normalized spacial score (nSPS) is 15.0. The van der Waals surface area contributed by atoms with Crippen LogP contribution in [0.25, 0.3) is 5.65 Å². The number of azo groups is 1. The highest BCUT2D eigenvalue weighted by atomic mass is 15.3. The third-order valence-electron chi connectivity index (χ3n) is 4.16. The second-order valence-corrected chi connectivity index (χ2v) is 5.81. The topological polar surface area (TPSA) is 80.9 Å². The number of hydrogen-bond acceptors (Lipinski definition) is 5. The molecule has 1 aromatic carbocycles. The number of rotatable bonds is 2. The summed E-state index contributed by atoms with van der Waals surface area (Å²) in [5.74, 6) is 0.359. The van der Waals surface area contributed by atoms with Gasteiger partial charge in [0, 0.05) is 11.9 Å². The molecule has 1 aliphatic rings. The molecule has 2 N–H and O–H groups in total. The Balaban J connectivity index is 1.79. The molecule has 23 heavy (non-hydrogen) atoms. The van der Waals surface area contributed by atoms with E-state index >= 15 is 0 Å². The first-order valence-corrected chi connectivity index (χ1v) is 7.94. The van der Waals surface area contributed by atoms with Crippen LogP contribution in [0.1, 0.15) is 30.5 Å². The minimum atomic E-state index is 0.359. The fourth-order valence-electron chi connectivity index (χ4n) is 2.96. The zero-order chi connectivity index (χ0) is 15.6. The highest BCUT2D eigenvalue weighted by Gasteiger charge is 2.16. The third kappa shape index (κ3) is 2.67. The van der Waals surface area contributed by atoms with Crippen LogP contribution < -0.4 is 5.73 Å². The van der Waals surface area contributed by atoms with Crippen LogP contribution in [0.3, 0.4) is 0 Å². The predicted octanol–water partition coefficient (Wildman–Crippen LogP) is 4.00. The Morgan fingerprint density at radius 2 is 1.83 bits per heavy atom. The highest BCUT2D eigenvalue weighted by molar-refractivity contribution is 5.75. The molecule has 2 heterocycles. The smallest absolute Gasteiger partial charge is 0.185 e. The fourth-order valence-corrected chi connectivity index (χ4v) is 2.96. The molecular formula is C17H18N6. The molecule has 2 aromatic heterocycles. The number of aromatic nitrogens is 3. The van der Waals surface area contributed by atoms with E-state index < -0.39 is 0 Å². The first-order valence-electron chi connectivity index (χ1n) is 7.94. The van der Waals surface area contributed by atoms with Gasteiger partial charge < -0.3 is 5.73 Å². The van der Waals surface area contributed by atoms with Gasteiger partial charge in [0.2, 0.25) is 0 Å². The average Bonchev–Trinajstić information content (AvgIpc) is 2.73. The van der Waals surface area contributed by atoms with Crippen LogP contribution in [0.15, 0.2) is 46.8 Å². The molecule has 116 valence electrons. The average molecular weight is 306 g/mol. The molecule has 0 unspecified atom stereocenters. The first kappa shape index (κ1) is 13.9. The summed E-state index contributed by atoms with van der Waals surface area (Å²) < 4.78 is 1.73. The van der Waals surface area contributed by atoms with Gasteiger partial charge in [0.05, 0.1) is 5.69 Å². The van der Waals surface area contributed by atoms with Crippen LogP contribution in [-0.4, -0.2) is 14.6 Å². The zero-order valence-corrected chi connectivity index (χ0v) is 12.8. The van der Waals surface area contributed by atoms with Crippen molar-refractivity contribution in [2.75, 3.05) is 5.73 Å². The standard InChI is InChI=1S/C17H18N6/c18-16-15(21-20-13-8-4-2-5-9-13)17-19-14-10-6-1-3-7-12(14)11-23(17)22-16/h2,4-5,8-9,11H,1,3,6-7,10H2,(H2,18,22). The Labute approximate surface area is 134 Å². The molecule has 0 fully saturated rings. The summed E-state index contributed by atoms with van der Waals surface area (Å²) in [6.45, 7) is 0. The largest absolute Gasteiger partial charge is 0.380 e. The molecule has 0 saturated heterocycles. The van der Waals surface area contributed by atoms with Gasteiger partial charge in [-0.15, -0.1) is 10.2 Å². The number of aryl methyl sites for hydroxylation is 2. The Kier molecular flexibility index (Phi) is 3.49. The Hall–Kier alpha value is -2.76. The first-order chi connectivity index (χ1) is 11.3. The summed E-state index contributed by atoms with van der Waals surface area (Å²) in [4.78, 5) is 4.78. The van der Waals surface area contributed by atoms with Crippen LogP contribution in [-0.2, 0) is 12.8 Å². The molecule has 0 amide bonds. The number of nitrogen functional groups attached to an aromatic ring is 1. The molecule has 0 aliphatic heterocycles. The summed E-state index contributed by atoms with van der Waals surface area (Å²) in [6, 6.07) is 9.58. The van der Waals surface area contributed by atoms with Gasteiger partial charge >= 0.3 is 0 Å². The zero-order valence-electron chi connectivity index (χ0n) is 12.8. The predicted molar refractivity (Wildman–Crippen MR) is 89.3 cm³/mol. The summed E-state index contributed by atoms with van der Waals surface area (Å²) in [6.07, 6.45) is 7.74. The fraction of sp³-hybridized carbons (Fsp3) is 0.294. The molecule has 0 bridgehead atoms. The van der Waals surface area contributed by atoms with Gasteiger partial charge in [-0.1, -0.05) is 24.6 Å². The maximum absolute atomic E-state index is 6.02. The minimum absolute atomic E-state index is 0.359. The van der Waals surface area contributed by atoms with Crippen molar-refractivity contribution in [3.05, 3.63) is 47.8 Å². The molecule has 0 spiro atoms. The van der Waals surface area contributed by atoms with E-state index in [2.05, 4.69) is 15.3 Å². The van der Waals surface area contributed by atoms with E-state index in [-0.39, 0.29) is 0 Å². The molecule has 6 heteroatoms. The minimum Gasteiger partial charge on any atom is -0.380 e. The molecule has 3 aromatic rings. The van der Waals surface area contributed by atoms with E-state index in [1.165, 1.54) is 24.8 Å². The van der Waals surface area contributed by atoms with Crippen molar-refractivity contribution in [2.24, 2.45) is 10.2 Å². The monoisotopic (exact) mass is 306 g/mol. The second-order valence-electron chi connectivity index (χ2n) is 5.81. The van der Waals surface area contributed by atoms with Crippen LogP contribution in [0.4, 0.5) is 17.2 Å². The molecule has 0 saturated carbocycles. The van der Waals surface area contributed by atoms with Gasteiger partial charge in [-0.05, 0) is 43.4 Å². The lowest BCUT2D eigenvalue weighted by Gasteiger charge is -2.04. The maximum Gasteiger partial charge on any atom is 0.185 e. The van der Waals surface area contributed by atoms with Gasteiger partial charge in [0.15, 0.2) is 17.2 Å². The lowest BCUT2D eigenvalue weighted by atomic mass is 10.1.